The fourth-order valence-electron chi connectivity index (χ4n) is 1.94. The number of carbonyl (C=O) groups excluding carboxylic acids is 1. The van der Waals surface area contributed by atoms with Crippen molar-refractivity contribution in [3.8, 4) is 11.8 Å². The number of hydrogen-bond donors (Lipinski definition) is 2. The molecule has 0 fully saturated rings. The molecule has 2 N–H and O–H groups in total. The van der Waals surface area contributed by atoms with Gasteiger partial charge in [0.1, 0.15) is 5.82 Å². The lowest BCUT2D eigenvalue weighted by molar-refractivity contribution is 0.0946. The zero-order valence-corrected chi connectivity index (χ0v) is 12.6. The summed E-state index contributed by atoms with van der Waals surface area (Å²) in [6.45, 7) is 4.72. The minimum Gasteiger partial charge on any atom is -0.395 e. The second-order valence-electron chi connectivity index (χ2n) is 4.86. The molecule has 1 rings (SSSR count). The van der Waals surface area contributed by atoms with Gasteiger partial charge in [0.25, 0.3) is 5.91 Å². The number of nitrogens with one attached hydrogen (secondary N) is 1. The second kappa shape index (κ2) is 9.15. The molecule has 3 nitrogen and oxygen atoms in total. The van der Waals surface area contributed by atoms with Crippen LogP contribution in [0.15, 0.2) is 18.2 Å². The summed E-state index contributed by atoms with van der Waals surface area (Å²) in [5.41, 5.74) is 0.721. The lowest BCUT2D eigenvalue weighted by Crippen LogP contribution is -2.29. The first kappa shape index (κ1) is 17.2. The Labute approximate surface area is 125 Å². The molecule has 0 aromatic heterocycles. The van der Waals surface area contributed by atoms with E-state index in [0.29, 0.717) is 30.0 Å². The largest absolute Gasteiger partial charge is 0.395 e. The van der Waals surface area contributed by atoms with E-state index in [1.54, 1.807) is 0 Å². The number of carbonyl (C=O) groups is 1. The number of benzene rings is 1. The molecule has 0 aliphatic carbocycles. The first-order valence-corrected chi connectivity index (χ1v) is 7.29. The minimum atomic E-state index is -0.431. The zero-order valence-electron chi connectivity index (χ0n) is 12.6. The van der Waals surface area contributed by atoms with Crippen LogP contribution in [0.2, 0.25) is 0 Å². The van der Waals surface area contributed by atoms with Gasteiger partial charge in [0, 0.05) is 18.5 Å². The molecule has 0 bridgehead atoms. The maximum atomic E-state index is 13.3. The van der Waals surface area contributed by atoms with Gasteiger partial charge in [-0.15, -0.1) is 0 Å². The molecule has 0 saturated heterocycles. The standard InChI is InChI=1S/C17H22FNO2/c1-3-13(4-2)12-19-17(21)16-9-8-15(18)11-14(16)7-5-6-10-20/h8-9,11,13,20H,3-4,6,10,12H2,1-2H3,(H,19,21). The molecular formula is C17H22FNO2. The fourth-order valence-corrected chi connectivity index (χ4v) is 1.94. The molecular weight excluding hydrogens is 269 g/mol. The molecule has 1 aromatic rings. The van der Waals surface area contributed by atoms with Gasteiger partial charge in [0.15, 0.2) is 0 Å². The molecule has 0 atom stereocenters. The molecule has 0 radical (unpaired) electrons. The first-order valence-electron chi connectivity index (χ1n) is 7.29. The Morgan fingerprint density at radius 3 is 2.71 bits per heavy atom. The predicted molar refractivity (Wildman–Crippen MR) is 81.4 cm³/mol. The predicted octanol–water partition coefficient (Wildman–Crippen LogP) is 2.73. The van der Waals surface area contributed by atoms with Crippen molar-refractivity contribution in [2.75, 3.05) is 13.2 Å². The SMILES string of the molecule is CCC(CC)CNC(=O)c1ccc(F)cc1C#CCCO. The average molecular weight is 291 g/mol. The molecule has 1 aromatic carbocycles. The van der Waals surface area contributed by atoms with E-state index in [2.05, 4.69) is 31.0 Å². The summed E-state index contributed by atoms with van der Waals surface area (Å²) >= 11 is 0. The van der Waals surface area contributed by atoms with Crippen molar-refractivity contribution in [3.63, 3.8) is 0 Å². The lowest BCUT2D eigenvalue weighted by atomic mass is 10.0. The van der Waals surface area contributed by atoms with Gasteiger partial charge in [-0.25, -0.2) is 4.39 Å². The Kier molecular flexibility index (Phi) is 7.49. The van der Waals surface area contributed by atoms with Crippen LogP contribution in [0.4, 0.5) is 4.39 Å². The Morgan fingerprint density at radius 1 is 1.38 bits per heavy atom. The number of aliphatic hydroxyl groups excluding tert-OH is 1. The van der Waals surface area contributed by atoms with Crippen LogP contribution in [0.3, 0.4) is 0 Å². The summed E-state index contributed by atoms with van der Waals surface area (Å²) in [6.07, 6.45) is 2.30. The van der Waals surface area contributed by atoms with Crippen LogP contribution in [-0.2, 0) is 0 Å². The third kappa shape index (κ3) is 5.57. The first-order chi connectivity index (χ1) is 10.1. The molecule has 0 aliphatic rings. The average Bonchev–Trinajstić information content (AvgIpc) is 2.48. The molecule has 114 valence electrons. The van der Waals surface area contributed by atoms with Crippen molar-refractivity contribution >= 4 is 5.91 Å². The van der Waals surface area contributed by atoms with Gasteiger partial charge >= 0.3 is 0 Å². The van der Waals surface area contributed by atoms with Crippen LogP contribution >= 0.6 is 0 Å². The maximum Gasteiger partial charge on any atom is 0.252 e. The molecule has 1 amide bonds. The molecule has 0 aliphatic heterocycles. The summed E-state index contributed by atoms with van der Waals surface area (Å²) in [5.74, 6) is 5.23. The summed E-state index contributed by atoms with van der Waals surface area (Å²) in [4.78, 5) is 12.2. The summed E-state index contributed by atoms with van der Waals surface area (Å²) in [5, 5.41) is 11.6. The summed E-state index contributed by atoms with van der Waals surface area (Å²) in [7, 11) is 0. The molecule has 0 unspecified atom stereocenters. The number of halogens is 1. The van der Waals surface area contributed by atoms with E-state index in [0.717, 1.165) is 12.8 Å². The number of amides is 1. The molecule has 0 saturated carbocycles. The summed E-state index contributed by atoms with van der Waals surface area (Å²) in [6, 6.07) is 3.94. The van der Waals surface area contributed by atoms with Crippen molar-refractivity contribution in [2.45, 2.75) is 33.1 Å². The van der Waals surface area contributed by atoms with E-state index in [1.807, 2.05) is 0 Å². The molecule has 21 heavy (non-hydrogen) atoms. The van der Waals surface area contributed by atoms with Gasteiger partial charge in [-0.1, -0.05) is 38.5 Å². The monoisotopic (exact) mass is 291 g/mol. The Morgan fingerprint density at radius 2 is 2.10 bits per heavy atom. The third-order valence-electron chi connectivity index (χ3n) is 3.39. The lowest BCUT2D eigenvalue weighted by Gasteiger charge is -2.13. The van der Waals surface area contributed by atoms with Crippen LogP contribution < -0.4 is 5.32 Å². The minimum absolute atomic E-state index is 0.0570. The summed E-state index contributed by atoms with van der Waals surface area (Å²) < 4.78 is 13.3. The van der Waals surface area contributed by atoms with Crippen LogP contribution in [0, 0.1) is 23.6 Å². The topological polar surface area (TPSA) is 49.3 Å². The maximum absolute atomic E-state index is 13.3. The molecule has 4 heteroatoms. The Bertz CT molecular complexity index is 527. The normalized spacial score (nSPS) is 10.1. The fraction of sp³-hybridized carbons (Fsp3) is 0.471. The molecule has 0 spiro atoms. The number of hydrogen-bond acceptors (Lipinski definition) is 2. The Balaban J connectivity index is 2.86. The van der Waals surface area contributed by atoms with E-state index in [-0.39, 0.29) is 12.5 Å². The second-order valence-corrected chi connectivity index (χ2v) is 4.86. The highest BCUT2D eigenvalue weighted by molar-refractivity contribution is 5.96. The van der Waals surface area contributed by atoms with Crippen LogP contribution in [-0.4, -0.2) is 24.2 Å². The van der Waals surface area contributed by atoms with Crippen molar-refractivity contribution in [1.82, 2.24) is 5.32 Å². The highest BCUT2D eigenvalue weighted by Gasteiger charge is 2.12. The quantitative estimate of drug-likeness (QED) is 0.792. The van der Waals surface area contributed by atoms with Gasteiger partial charge in [-0.3, -0.25) is 4.79 Å². The zero-order chi connectivity index (χ0) is 15.7. The van der Waals surface area contributed by atoms with Gasteiger partial charge in [-0.05, 0) is 24.1 Å². The van der Waals surface area contributed by atoms with Crippen molar-refractivity contribution < 1.29 is 14.3 Å². The van der Waals surface area contributed by atoms with Crippen molar-refractivity contribution in [3.05, 3.63) is 35.1 Å². The van der Waals surface area contributed by atoms with Crippen molar-refractivity contribution in [1.29, 1.82) is 0 Å². The van der Waals surface area contributed by atoms with Crippen LogP contribution in [0.25, 0.3) is 0 Å². The van der Waals surface area contributed by atoms with Crippen LogP contribution in [0.5, 0.6) is 0 Å². The van der Waals surface area contributed by atoms with E-state index < -0.39 is 5.82 Å². The smallest absolute Gasteiger partial charge is 0.252 e. The number of rotatable bonds is 6. The van der Waals surface area contributed by atoms with E-state index in [4.69, 9.17) is 5.11 Å². The van der Waals surface area contributed by atoms with E-state index >= 15 is 0 Å². The van der Waals surface area contributed by atoms with E-state index in [1.165, 1.54) is 18.2 Å². The molecule has 0 heterocycles. The van der Waals surface area contributed by atoms with Gasteiger partial charge in [0.05, 0.1) is 12.2 Å². The van der Waals surface area contributed by atoms with E-state index in [9.17, 15) is 9.18 Å². The van der Waals surface area contributed by atoms with Crippen molar-refractivity contribution in [2.24, 2.45) is 5.92 Å². The van der Waals surface area contributed by atoms with Gasteiger partial charge in [0.2, 0.25) is 0 Å². The van der Waals surface area contributed by atoms with Gasteiger partial charge in [-0.2, -0.15) is 0 Å². The highest BCUT2D eigenvalue weighted by Crippen LogP contribution is 2.12. The Hall–Kier alpha value is -1.86. The number of aliphatic hydroxyl groups is 1. The third-order valence-corrected chi connectivity index (χ3v) is 3.39. The highest BCUT2D eigenvalue weighted by atomic mass is 19.1. The van der Waals surface area contributed by atoms with Crippen LogP contribution in [0.1, 0.15) is 49.0 Å². The van der Waals surface area contributed by atoms with Gasteiger partial charge < -0.3 is 10.4 Å².